The van der Waals surface area contributed by atoms with Gasteiger partial charge < -0.3 is 19.3 Å². The molecule has 2 fully saturated rings. The van der Waals surface area contributed by atoms with Crippen LogP contribution in [0.4, 0.5) is 0 Å². The van der Waals surface area contributed by atoms with Crippen molar-refractivity contribution >= 4 is 5.91 Å². The predicted octanol–water partition coefficient (Wildman–Crippen LogP) is 1.62. The minimum atomic E-state index is 0.0189. The molecule has 1 amide bonds. The molecule has 0 spiro atoms. The van der Waals surface area contributed by atoms with E-state index < -0.39 is 0 Å². The maximum Gasteiger partial charge on any atom is 0.261 e. The number of amides is 1. The molecule has 1 aliphatic heterocycles. The highest BCUT2D eigenvalue weighted by Gasteiger charge is 2.33. The van der Waals surface area contributed by atoms with E-state index in [0.29, 0.717) is 17.1 Å². The van der Waals surface area contributed by atoms with Gasteiger partial charge in [-0.1, -0.05) is 19.4 Å². The number of hydrogen-bond acceptors (Lipinski definition) is 3. The molecule has 0 unspecified atom stereocenters. The van der Waals surface area contributed by atoms with Gasteiger partial charge in [0.1, 0.15) is 17.1 Å². The molecule has 1 aromatic rings. The smallest absolute Gasteiger partial charge is 0.261 e. The first-order chi connectivity index (χ1) is 12.1. The SMILES string of the molecule is COc1cccc(OC)c1C(=O)N1CC[NH+]([C@H]2CCC[C@H](C)C2)CC1. The van der Waals surface area contributed by atoms with Gasteiger partial charge in [0.2, 0.25) is 0 Å². The van der Waals surface area contributed by atoms with E-state index in [1.807, 2.05) is 23.1 Å². The zero-order valence-electron chi connectivity index (χ0n) is 15.7. The zero-order chi connectivity index (χ0) is 17.8. The molecule has 1 N–H and O–H groups in total. The van der Waals surface area contributed by atoms with Crippen molar-refractivity contribution in [3.63, 3.8) is 0 Å². The van der Waals surface area contributed by atoms with Gasteiger partial charge in [0.25, 0.3) is 5.91 Å². The summed E-state index contributed by atoms with van der Waals surface area (Å²) in [4.78, 5) is 16.7. The van der Waals surface area contributed by atoms with Gasteiger partial charge in [0.05, 0.1) is 46.4 Å². The molecule has 2 atom stereocenters. The molecule has 5 nitrogen and oxygen atoms in total. The highest BCUT2D eigenvalue weighted by atomic mass is 16.5. The molecule has 0 radical (unpaired) electrons. The fraction of sp³-hybridized carbons (Fsp3) is 0.650. The van der Waals surface area contributed by atoms with Crippen LogP contribution in [-0.4, -0.2) is 57.2 Å². The summed E-state index contributed by atoms with van der Waals surface area (Å²) in [5.74, 6) is 2.04. The number of hydrogen-bond donors (Lipinski definition) is 1. The van der Waals surface area contributed by atoms with Crippen LogP contribution >= 0.6 is 0 Å². The maximum atomic E-state index is 13.1. The second-order valence-corrected chi connectivity index (χ2v) is 7.46. The molecule has 1 saturated carbocycles. The van der Waals surface area contributed by atoms with Crippen LogP contribution in [0.25, 0.3) is 0 Å². The number of nitrogens with one attached hydrogen (secondary N) is 1. The van der Waals surface area contributed by atoms with Crippen LogP contribution in [0.3, 0.4) is 0 Å². The number of carbonyl (C=O) groups excluding carboxylic acids is 1. The van der Waals surface area contributed by atoms with Gasteiger partial charge in [0, 0.05) is 6.42 Å². The average Bonchev–Trinajstić information content (AvgIpc) is 2.66. The predicted molar refractivity (Wildman–Crippen MR) is 97.6 cm³/mol. The molecule has 3 rings (SSSR count). The van der Waals surface area contributed by atoms with Crippen LogP contribution in [0.15, 0.2) is 18.2 Å². The van der Waals surface area contributed by atoms with Gasteiger partial charge in [-0.25, -0.2) is 0 Å². The lowest BCUT2D eigenvalue weighted by Gasteiger charge is -2.39. The fourth-order valence-corrected chi connectivity index (χ4v) is 4.43. The van der Waals surface area contributed by atoms with Crippen molar-refractivity contribution in [2.45, 2.75) is 38.6 Å². The normalized spacial score (nSPS) is 24.8. The van der Waals surface area contributed by atoms with E-state index in [9.17, 15) is 4.79 Å². The summed E-state index contributed by atoms with van der Waals surface area (Å²) in [5.41, 5.74) is 0.544. The van der Waals surface area contributed by atoms with Gasteiger partial charge in [0.15, 0.2) is 0 Å². The number of quaternary nitrogens is 1. The van der Waals surface area contributed by atoms with Gasteiger partial charge in [-0.3, -0.25) is 4.79 Å². The highest BCUT2D eigenvalue weighted by Crippen LogP contribution is 2.29. The second kappa shape index (κ2) is 8.09. The van der Waals surface area contributed by atoms with Gasteiger partial charge in [-0.05, 0) is 30.9 Å². The van der Waals surface area contributed by atoms with E-state index in [0.717, 1.165) is 38.1 Å². The summed E-state index contributed by atoms with van der Waals surface area (Å²) in [5, 5.41) is 0. The molecular weight excluding hydrogens is 316 g/mol. The van der Waals surface area contributed by atoms with Crippen molar-refractivity contribution in [3.8, 4) is 11.5 Å². The van der Waals surface area contributed by atoms with Crippen molar-refractivity contribution in [1.29, 1.82) is 0 Å². The maximum absolute atomic E-state index is 13.1. The molecule has 1 aliphatic carbocycles. The van der Waals surface area contributed by atoms with E-state index in [4.69, 9.17) is 9.47 Å². The van der Waals surface area contributed by atoms with E-state index in [2.05, 4.69) is 6.92 Å². The number of methoxy groups -OCH3 is 2. The molecule has 0 bridgehead atoms. The summed E-state index contributed by atoms with van der Waals surface area (Å²) in [6.07, 6.45) is 5.41. The Balaban J connectivity index is 1.66. The lowest BCUT2D eigenvalue weighted by Crippen LogP contribution is -3.18. The number of nitrogens with zero attached hydrogens (tertiary/aromatic N) is 1. The molecule has 0 aromatic heterocycles. The average molecular weight is 347 g/mol. The van der Waals surface area contributed by atoms with Crippen LogP contribution in [0.2, 0.25) is 0 Å². The minimum Gasteiger partial charge on any atom is -0.496 e. The third-order valence-electron chi connectivity index (χ3n) is 5.85. The molecule has 1 aromatic carbocycles. The fourth-order valence-electron chi connectivity index (χ4n) is 4.43. The van der Waals surface area contributed by atoms with Crippen molar-refractivity contribution in [3.05, 3.63) is 23.8 Å². The Morgan fingerprint density at radius 2 is 1.76 bits per heavy atom. The third-order valence-corrected chi connectivity index (χ3v) is 5.85. The quantitative estimate of drug-likeness (QED) is 0.900. The molecule has 25 heavy (non-hydrogen) atoms. The highest BCUT2D eigenvalue weighted by molar-refractivity contribution is 5.99. The first kappa shape index (κ1) is 18.1. The van der Waals surface area contributed by atoms with Crippen molar-refractivity contribution in [2.24, 2.45) is 5.92 Å². The Bertz CT molecular complexity index is 574. The van der Waals surface area contributed by atoms with Crippen LogP contribution in [-0.2, 0) is 0 Å². The Morgan fingerprint density at radius 1 is 1.12 bits per heavy atom. The number of ether oxygens (including phenoxy) is 2. The monoisotopic (exact) mass is 347 g/mol. The number of carbonyl (C=O) groups is 1. The topological polar surface area (TPSA) is 43.2 Å². The second-order valence-electron chi connectivity index (χ2n) is 7.46. The largest absolute Gasteiger partial charge is 0.496 e. The number of piperazine rings is 1. The van der Waals surface area contributed by atoms with Crippen LogP contribution in [0.5, 0.6) is 11.5 Å². The first-order valence-corrected chi connectivity index (χ1v) is 9.49. The third kappa shape index (κ3) is 3.92. The lowest BCUT2D eigenvalue weighted by atomic mass is 9.86. The van der Waals surface area contributed by atoms with Crippen LogP contribution in [0, 0.1) is 5.92 Å². The van der Waals surface area contributed by atoms with E-state index in [1.54, 1.807) is 19.1 Å². The Hall–Kier alpha value is -1.75. The van der Waals surface area contributed by atoms with Gasteiger partial charge in [-0.15, -0.1) is 0 Å². The van der Waals surface area contributed by atoms with Crippen molar-refractivity contribution in [1.82, 2.24) is 4.90 Å². The summed E-state index contributed by atoms with van der Waals surface area (Å²) < 4.78 is 10.8. The molecule has 1 heterocycles. The Labute approximate surface area is 150 Å². The standard InChI is InChI=1S/C20H30N2O3/c1-15-6-4-7-16(14-15)21-10-12-22(13-11-21)20(23)19-17(24-2)8-5-9-18(19)25-3/h5,8-9,15-16H,4,6-7,10-14H2,1-3H3/p+1/t15-,16-/m0/s1. The number of rotatable bonds is 4. The summed E-state index contributed by atoms with van der Waals surface area (Å²) in [6.45, 7) is 6.07. The molecule has 2 aliphatic rings. The Morgan fingerprint density at radius 3 is 2.32 bits per heavy atom. The van der Waals surface area contributed by atoms with Gasteiger partial charge in [-0.2, -0.15) is 0 Å². The molecular formula is C20H31N2O3+. The van der Waals surface area contributed by atoms with Crippen molar-refractivity contribution in [2.75, 3.05) is 40.4 Å². The summed E-state index contributed by atoms with van der Waals surface area (Å²) in [7, 11) is 3.19. The van der Waals surface area contributed by atoms with Crippen molar-refractivity contribution < 1.29 is 19.2 Å². The summed E-state index contributed by atoms with van der Waals surface area (Å²) >= 11 is 0. The lowest BCUT2D eigenvalue weighted by molar-refractivity contribution is -0.930. The zero-order valence-corrected chi connectivity index (χ0v) is 15.7. The minimum absolute atomic E-state index is 0.0189. The van der Waals surface area contributed by atoms with Gasteiger partial charge >= 0.3 is 0 Å². The first-order valence-electron chi connectivity index (χ1n) is 9.49. The number of benzene rings is 1. The summed E-state index contributed by atoms with van der Waals surface area (Å²) in [6, 6.07) is 6.27. The van der Waals surface area contributed by atoms with Crippen LogP contribution in [0.1, 0.15) is 43.0 Å². The van der Waals surface area contributed by atoms with E-state index in [1.165, 1.54) is 25.7 Å². The molecule has 5 heteroatoms. The van der Waals surface area contributed by atoms with E-state index in [-0.39, 0.29) is 5.91 Å². The van der Waals surface area contributed by atoms with Crippen LogP contribution < -0.4 is 14.4 Å². The Kier molecular flexibility index (Phi) is 5.84. The van der Waals surface area contributed by atoms with E-state index >= 15 is 0 Å². The molecule has 1 saturated heterocycles. The molecule has 138 valence electrons.